The fraction of sp³-hybridized carbons (Fsp3) is 0.571. The zero-order chi connectivity index (χ0) is 21.5. The number of hydrogen-bond acceptors (Lipinski definition) is 4. The van der Waals surface area contributed by atoms with Gasteiger partial charge in [-0.3, -0.25) is 9.69 Å². The molecule has 30 heavy (non-hydrogen) atoms. The largest absolute Gasteiger partial charge is 0.350 e. The van der Waals surface area contributed by atoms with Crippen LogP contribution in [0.3, 0.4) is 0 Å². The molecule has 1 saturated carbocycles. The summed E-state index contributed by atoms with van der Waals surface area (Å²) in [4.78, 5) is 18.2. The average Bonchev–Trinajstić information content (AvgIpc) is 3.18. The Morgan fingerprint density at radius 3 is 2.60 bits per heavy atom. The zero-order valence-electron chi connectivity index (χ0n) is 17.4. The second-order valence-corrected chi connectivity index (χ2v) is 10.5. The number of halogens is 1. The van der Waals surface area contributed by atoms with Crippen molar-refractivity contribution in [1.82, 2.24) is 19.5 Å². The van der Waals surface area contributed by atoms with E-state index in [0.29, 0.717) is 35.7 Å². The van der Waals surface area contributed by atoms with Crippen LogP contribution in [-0.4, -0.2) is 73.0 Å². The summed E-state index contributed by atoms with van der Waals surface area (Å²) in [5, 5.41) is 3.55. The Labute approximate surface area is 176 Å². The molecule has 0 radical (unpaired) electrons. The predicted octanol–water partition coefficient (Wildman–Crippen LogP) is 2.23. The molecule has 2 aromatic rings. The van der Waals surface area contributed by atoms with Gasteiger partial charge in [-0.05, 0) is 50.3 Å². The number of aromatic amines is 1. The van der Waals surface area contributed by atoms with Gasteiger partial charge in [-0.2, -0.15) is 4.31 Å². The van der Waals surface area contributed by atoms with Crippen molar-refractivity contribution in [3.8, 4) is 0 Å². The fourth-order valence-corrected chi connectivity index (χ4v) is 5.56. The van der Waals surface area contributed by atoms with E-state index < -0.39 is 10.0 Å². The number of fused-ring (bicyclic) bond motifs is 1. The summed E-state index contributed by atoms with van der Waals surface area (Å²) >= 11 is 0. The number of hydrogen-bond donors (Lipinski definition) is 2. The van der Waals surface area contributed by atoms with Crippen LogP contribution < -0.4 is 5.32 Å². The van der Waals surface area contributed by atoms with Gasteiger partial charge in [-0.25, -0.2) is 12.8 Å². The van der Waals surface area contributed by atoms with Crippen LogP contribution in [0.25, 0.3) is 10.9 Å². The molecule has 1 aromatic heterocycles. The summed E-state index contributed by atoms with van der Waals surface area (Å²) in [5.74, 6) is -0.547. The Kier molecular flexibility index (Phi) is 5.87. The van der Waals surface area contributed by atoms with Crippen molar-refractivity contribution in [3.63, 3.8) is 0 Å². The SMILES string of the molecule is Cc1ccc(F)c2cc(C(=O)N[C@@H]3CCC[C@H](N4CCN(S(C)(=O)=O)CC4)C3)[nH]c12. The van der Waals surface area contributed by atoms with Gasteiger partial charge in [0.25, 0.3) is 5.91 Å². The number of H-pyrrole nitrogens is 1. The van der Waals surface area contributed by atoms with Gasteiger partial charge in [0.2, 0.25) is 10.0 Å². The standard InChI is InChI=1S/C21H29FN4O3S/c1-14-6-7-18(22)17-13-19(24-20(14)17)21(27)23-15-4-3-5-16(12-15)25-8-10-26(11-9-25)30(2,28)29/h6-7,13,15-16,24H,3-5,8-12H2,1-2H3,(H,23,27)/t15-,16+/m1/s1. The van der Waals surface area contributed by atoms with Gasteiger partial charge in [0.05, 0.1) is 11.8 Å². The average molecular weight is 437 g/mol. The minimum absolute atomic E-state index is 0.0570. The van der Waals surface area contributed by atoms with E-state index in [2.05, 4.69) is 15.2 Å². The van der Waals surface area contributed by atoms with E-state index in [4.69, 9.17) is 0 Å². The molecule has 1 saturated heterocycles. The summed E-state index contributed by atoms with van der Waals surface area (Å²) in [6.07, 6.45) is 5.09. The molecule has 164 valence electrons. The highest BCUT2D eigenvalue weighted by molar-refractivity contribution is 7.88. The first-order valence-electron chi connectivity index (χ1n) is 10.5. The van der Waals surface area contributed by atoms with Gasteiger partial charge in [0.1, 0.15) is 11.5 Å². The monoisotopic (exact) mass is 436 g/mol. The summed E-state index contributed by atoms with van der Waals surface area (Å²) in [6, 6.07) is 5.10. The molecule has 0 spiro atoms. The molecule has 0 unspecified atom stereocenters. The Bertz CT molecular complexity index is 1000. The summed E-state index contributed by atoms with van der Waals surface area (Å²) in [6.45, 7) is 4.37. The first kappa shape index (κ1) is 21.3. The molecule has 9 heteroatoms. The molecule has 2 heterocycles. The van der Waals surface area contributed by atoms with Gasteiger partial charge < -0.3 is 10.3 Å². The first-order chi connectivity index (χ1) is 14.2. The smallest absolute Gasteiger partial charge is 0.267 e. The third kappa shape index (κ3) is 4.38. The van der Waals surface area contributed by atoms with Crippen molar-refractivity contribution >= 4 is 26.8 Å². The quantitative estimate of drug-likeness (QED) is 0.770. The molecule has 4 rings (SSSR count). The van der Waals surface area contributed by atoms with Crippen LogP contribution in [0.5, 0.6) is 0 Å². The first-order valence-corrected chi connectivity index (χ1v) is 12.3. The van der Waals surface area contributed by atoms with E-state index in [0.717, 1.165) is 44.3 Å². The van der Waals surface area contributed by atoms with Gasteiger partial charge in [0, 0.05) is 43.6 Å². The van der Waals surface area contributed by atoms with Crippen LogP contribution in [0.4, 0.5) is 4.39 Å². The third-order valence-corrected chi connectivity index (χ3v) is 7.74. The maximum absolute atomic E-state index is 14.1. The van der Waals surface area contributed by atoms with Crippen molar-refractivity contribution < 1.29 is 17.6 Å². The number of nitrogens with one attached hydrogen (secondary N) is 2. The van der Waals surface area contributed by atoms with E-state index in [1.165, 1.54) is 16.6 Å². The second-order valence-electron chi connectivity index (χ2n) is 8.52. The summed E-state index contributed by atoms with van der Waals surface area (Å²) < 4.78 is 39.0. The predicted molar refractivity (Wildman–Crippen MR) is 114 cm³/mol. The number of rotatable bonds is 4. The maximum Gasteiger partial charge on any atom is 0.267 e. The van der Waals surface area contributed by atoms with Crippen LogP contribution in [0.1, 0.15) is 41.7 Å². The molecule has 0 bridgehead atoms. The van der Waals surface area contributed by atoms with Crippen LogP contribution in [-0.2, 0) is 10.0 Å². The molecule has 2 fully saturated rings. The Morgan fingerprint density at radius 2 is 1.93 bits per heavy atom. The van der Waals surface area contributed by atoms with E-state index in [1.807, 2.05) is 6.92 Å². The normalized spacial score (nSPS) is 24.2. The summed E-state index contributed by atoms with van der Waals surface area (Å²) in [5.41, 5.74) is 1.93. The van der Waals surface area contributed by atoms with Crippen molar-refractivity contribution in [1.29, 1.82) is 0 Å². The molecule has 1 amide bonds. The third-order valence-electron chi connectivity index (χ3n) is 6.43. The summed E-state index contributed by atoms with van der Waals surface area (Å²) in [7, 11) is -3.14. The molecule has 1 aliphatic carbocycles. The number of nitrogens with zero attached hydrogens (tertiary/aromatic N) is 2. The van der Waals surface area contributed by atoms with E-state index >= 15 is 0 Å². The van der Waals surface area contributed by atoms with Gasteiger partial charge >= 0.3 is 0 Å². The number of carbonyl (C=O) groups excluding carboxylic acids is 1. The maximum atomic E-state index is 14.1. The Balaban J connectivity index is 1.38. The second kappa shape index (κ2) is 8.28. The number of amides is 1. The van der Waals surface area contributed by atoms with Crippen LogP contribution in [0.2, 0.25) is 0 Å². The van der Waals surface area contributed by atoms with Gasteiger partial charge in [0.15, 0.2) is 0 Å². The minimum Gasteiger partial charge on any atom is -0.350 e. The highest BCUT2D eigenvalue weighted by Crippen LogP contribution is 2.26. The minimum atomic E-state index is -3.14. The number of benzene rings is 1. The van der Waals surface area contributed by atoms with Gasteiger partial charge in [-0.1, -0.05) is 6.07 Å². The highest BCUT2D eigenvalue weighted by Gasteiger charge is 2.31. The topological polar surface area (TPSA) is 85.5 Å². The van der Waals surface area contributed by atoms with E-state index in [-0.39, 0.29) is 17.8 Å². The zero-order valence-corrected chi connectivity index (χ0v) is 18.3. The number of carbonyl (C=O) groups is 1. The molecule has 1 aromatic carbocycles. The fourth-order valence-electron chi connectivity index (χ4n) is 4.74. The molecule has 2 N–H and O–H groups in total. The van der Waals surface area contributed by atoms with E-state index in [1.54, 1.807) is 12.1 Å². The van der Waals surface area contributed by atoms with Crippen LogP contribution >= 0.6 is 0 Å². The molecular formula is C21H29FN4O3S. The molecule has 2 aliphatic rings. The lowest BCUT2D eigenvalue weighted by Crippen LogP contribution is -2.54. The van der Waals surface area contributed by atoms with Crippen molar-refractivity contribution in [2.75, 3.05) is 32.4 Å². The number of sulfonamides is 1. The lowest BCUT2D eigenvalue weighted by Gasteiger charge is -2.41. The number of aromatic nitrogens is 1. The molecular weight excluding hydrogens is 407 g/mol. The number of aryl methyl sites for hydroxylation is 1. The number of piperazine rings is 1. The lowest BCUT2D eigenvalue weighted by molar-refractivity contribution is 0.0835. The molecule has 2 atom stereocenters. The van der Waals surface area contributed by atoms with Crippen LogP contribution in [0.15, 0.2) is 18.2 Å². The molecule has 7 nitrogen and oxygen atoms in total. The highest BCUT2D eigenvalue weighted by atomic mass is 32.2. The Hall–Kier alpha value is -1.97. The van der Waals surface area contributed by atoms with Crippen molar-refractivity contribution in [2.45, 2.75) is 44.7 Å². The molecule has 1 aliphatic heterocycles. The van der Waals surface area contributed by atoms with Crippen LogP contribution in [0, 0.1) is 12.7 Å². The van der Waals surface area contributed by atoms with Crippen molar-refractivity contribution in [3.05, 3.63) is 35.3 Å². The lowest BCUT2D eigenvalue weighted by atomic mass is 9.89. The van der Waals surface area contributed by atoms with Crippen molar-refractivity contribution in [2.24, 2.45) is 0 Å². The Morgan fingerprint density at radius 1 is 1.20 bits per heavy atom. The van der Waals surface area contributed by atoms with E-state index in [9.17, 15) is 17.6 Å². The van der Waals surface area contributed by atoms with Gasteiger partial charge in [-0.15, -0.1) is 0 Å².